The molecule has 0 spiro atoms. The van der Waals surface area contributed by atoms with Gasteiger partial charge >= 0.3 is 0 Å². The van der Waals surface area contributed by atoms with Crippen LogP contribution < -0.4 is 15.5 Å². The number of phenolic OH excluding ortho intramolecular Hbond substituents is 1. The molecule has 8 heteroatoms. The predicted octanol–water partition coefficient (Wildman–Crippen LogP) is 2.41. The summed E-state index contributed by atoms with van der Waals surface area (Å²) in [5.74, 6) is -1.04. The topological polar surface area (TPSA) is 100 Å². The number of carbonyl (C=O) groups is 2. The van der Waals surface area contributed by atoms with Crippen LogP contribution in [0.1, 0.15) is 18.4 Å². The molecule has 136 valence electrons. The van der Waals surface area contributed by atoms with Crippen LogP contribution in [0.4, 0.5) is 10.1 Å². The van der Waals surface area contributed by atoms with Crippen LogP contribution in [0, 0.1) is 5.82 Å². The van der Waals surface area contributed by atoms with Gasteiger partial charge in [-0.05, 0) is 36.4 Å². The van der Waals surface area contributed by atoms with E-state index in [0.717, 1.165) is 0 Å². The molecule has 0 aliphatic heterocycles. The van der Waals surface area contributed by atoms with Gasteiger partial charge < -0.3 is 15.2 Å². The summed E-state index contributed by atoms with van der Waals surface area (Å²) >= 11 is 0. The third-order valence-corrected chi connectivity index (χ3v) is 3.35. The Kier molecular flexibility index (Phi) is 6.67. The maximum Gasteiger partial charge on any atom is 0.240 e. The fourth-order valence-electron chi connectivity index (χ4n) is 2.02. The Bertz CT molecular complexity index is 807. The fourth-order valence-corrected chi connectivity index (χ4v) is 2.02. The highest BCUT2D eigenvalue weighted by Gasteiger charge is 2.08. The lowest BCUT2D eigenvalue weighted by Crippen LogP contribution is -2.20. The molecule has 2 aromatic rings. The number of benzene rings is 2. The van der Waals surface area contributed by atoms with Gasteiger partial charge in [-0.15, -0.1) is 0 Å². The zero-order valence-electron chi connectivity index (χ0n) is 14.0. The summed E-state index contributed by atoms with van der Waals surface area (Å²) in [7, 11) is 1.43. The molecule has 0 fully saturated rings. The summed E-state index contributed by atoms with van der Waals surface area (Å²) < 4.78 is 17.8. The van der Waals surface area contributed by atoms with Crippen molar-refractivity contribution in [2.45, 2.75) is 12.8 Å². The van der Waals surface area contributed by atoms with Crippen LogP contribution in [-0.2, 0) is 9.59 Å². The first-order chi connectivity index (χ1) is 12.5. The van der Waals surface area contributed by atoms with Crippen LogP contribution in [0.2, 0.25) is 0 Å². The van der Waals surface area contributed by atoms with Crippen molar-refractivity contribution in [3.05, 3.63) is 53.8 Å². The Morgan fingerprint density at radius 3 is 2.54 bits per heavy atom. The number of hydrogen-bond donors (Lipinski definition) is 3. The molecule has 0 aliphatic rings. The Morgan fingerprint density at radius 1 is 1.15 bits per heavy atom. The van der Waals surface area contributed by atoms with E-state index < -0.39 is 11.7 Å². The van der Waals surface area contributed by atoms with E-state index >= 15 is 0 Å². The van der Waals surface area contributed by atoms with E-state index in [4.69, 9.17) is 4.74 Å². The standard InChI is InChI=1S/C18H18FN3O4/c1-26-15-4-2-3-12(18(15)25)11-20-22-17(24)10-9-16(23)21-14-7-5-13(19)6-8-14/h2-8,11,25H,9-10H2,1H3,(H,21,23)(H,22,24)/b20-11+. The molecule has 0 saturated carbocycles. The monoisotopic (exact) mass is 359 g/mol. The average Bonchev–Trinajstić information content (AvgIpc) is 2.63. The lowest BCUT2D eigenvalue weighted by molar-refractivity contribution is -0.124. The SMILES string of the molecule is COc1cccc(/C=N/NC(=O)CCC(=O)Nc2ccc(F)cc2)c1O. The van der Waals surface area contributed by atoms with Crippen LogP contribution in [-0.4, -0.2) is 30.2 Å². The van der Waals surface area contributed by atoms with Crippen molar-refractivity contribution in [2.75, 3.05) is 12.4 Å². The molecule has 0 heterocycles. The molecule has 0 radical (unpaired) electrons. The third kappa shape index (κ3) is 5.59. The molecule has 0 aliphatic carbocycles. The van der Waals surface area contributed by atoms with Crippen molar-refractivity contribution in [3.63, 3.8) is 0 Å². The van der Waals surface area contributed by atoms with E-state index in [-0.39, 0.29) is 30.2 Å². The highest BCUT2D eigenvalue weighted by molar-refractivity contribution is 5.93. The maximum atomic E-state index is 12.8. The summed E-state index contributed by atoms with van der Waals surface area (Å²) in [4.78, 5) is 23.4. The molecule has 0 unspecified atom stereocenters. The zero-order valence-corrected chi connectivity index (χ0v) is 14.0. The molecule has 0 aromatic heterocycles. The van der Waals surface area contributed by atoms with Crippen molar-refractivity contribution >= 4 is 23.7 Å². The molecule has 2 amide bonds. The van der Waals surface area contributed by atoms with Gasteiger partial charge in [-0.25, -0.2) is 9.82 Å². The van der Waals surface area contributed by atoms with E-state index in [1.165, 1.54) is 37.6 Å². The normalized spacial score (nSPS) is 10.5. The predicted molar refractivity (Wildman–Crippen MR) is 94.7 cm³/mol. The first-order valence-corrected chi connectivity index (χ1v) is 7.73. The minimum Gasteiger partial charge on any atom is -0.504 e. The quantitative estimate of drug-likeness (QED) is 0.522. The number of rotatable bonds is 7. The van der Waals surface area contributed by atoms with E-state index in [0.29, 0.717) is 11.3 Å². The van der Waals surface area contributed by atoms with Gasteiger partial charge in [0.05, 0.1) is 13.3 Å². The molecule has 2 aromatic carbocycles. The van der Waals surface area contributed by atoms with Crippen molar-refractivity contribution in [3.8, 4) is 11.5 Å². The number of halogens is 1. The number of aromatic hydroxyl groups is 1. The summed E-state index contributed by atoms with van der Waals surface area (Å²) in [6.45, 7) is 0. The fraction of sp³-hybridized carbons (Fsp3) is 0.167. The molecular weight excluding hydrogens is 341 g/mol. The molecule has 0 bridgehead atoms. The first kappa shape index (κ1) is 18.9. The minimum atomic E-state index is -0.460. The average molecular weight is 359 g/mol. The van der Waals surface area contributed by atoms with Crippen LogP contribution >= 0.6 is 0 Å². The van der Waals surface area contributed by atoms with Crippen LogP contribution in [0.5, 0.6) is 11.5 Å². The molecule has 7 nitrogen and oxygen atoms in total. The number of nitrogens with zero attached hydrogens (tertiary/aromatic N) is 1. The number of hydrazone groups is 1. The van der Waals surface area contributed by atoms with Gasteiger partial charge in [0.25, 0.3) is 0 Å². The molecule has 0 saturated heterocycles. The third-order valence-electron chi connectivity index (χ3n) is 3.35. The van der Waals surface area contributed by atoms with Crippen LogP contribution in [0.25, 0.3) is 0 Å². The van der Waals surface area contributed by atoms with Gasteiger partial charge in [-0.1, -0.05) is 6.07 Å². The van der Waals surface area contributed by atoms with Gasteiger partial charge in [0, 0.05) is 24.1 Å². The number of carbonyl (C=O) groups excluding carboxylic acids is 2. The van der Waals surface area contributed by atoms with Gasteiger partial charge in [-0.3, -0.25) is 9.59 Å². The van der Waals surface area contributed by atoms with Gasteiger partial charge in [-0.2, -0.15) is 5.10 Å². The second-order valence-electron chi connectivity index (χ2n) is 5.25. The minimum absolute atomic E-state index is 0.0524. The second kappa shape index (κ2) is 9.16. The number of para-hydroxylation sites is 1. The van der Waals surface area contributed by atoms with E-state index in [9.17, 15) is 19.1 Å². The van der Waals surface area contributed by atoms with Crippen molar-refractivity contribution in [1.29, 1.82) is 0 Å². The number of hydrogen-bond acceptors (Lipinski definition) is 5. The number of methoxy groups -OCH3 is 1. The van der Waals surface area contributed by atoms with E-state index in [1.807, 2.05) is 0 Å². The molecule has 26 heavy (non-hydrogen) atoms. The molecule has 3 N–H and O–H groups in total. The number of ether oxygens (including phenoxy) is 1. The number of nitrogens with one attached hydrogen (secondary N) is 2. The lowest BCUT2D eigenvalue weighted by atomic mass is 10.2. The highest BCUT2D eigenvalue weighted by Crippen LogP contribution is 2.27. The second-order valence-corrected chi connectivity index (χ2v) is 5.25. The Hall–Kier alpha value is -3.42. The Balaban J connectivity index is 1.78. The summed E-state index contributed by atoms with van der Waals surface area (Å²) in [6.07, 6.45) is 1.14. The Morgan fingerprint density at radius 2 is 1.85 bits per heavy atom. The van der Waals surface area contributed by atoms with Crippen molar-refractivity contribution in [1.82, 2.24) is 5.43 Å². The number of amides is 2. The smallest absolute Gasteiger partial charge is 0.240 e. The zero-order chi connectivity index (χ0) is 18.9. The Labute approximate surface area is 149 Å². The van der Waals surface area contributed by atoms with Gasteiger partial charge in [0.2, 0.25) is 11.8 Å². The number of anilines is 1. The van der Waals surface area contributed by atoms with Crippen LogP contribution in [0.3, 0.4) is 0 Å². The molecular formula is C18H18FN3O4. The highest BCUT2D eigenvalue weighted by atomic mass is 19.1. The van der Waals surface area contributed by atoms with Crippen LogP contribution in [0.15, 0.2) is 47.6 Å². The summed E-state index contributed by atoms with van der Waals surface area (Å²) in [5, 5.41) is 16.2. The lowest BCUT2D eigenvalue weighted by Gasteiger charge is -2.05. The summed E-state index contributed by atoms with van der Waals surface area (Å²) in [6, 6.07) is 10.2. The van der Waals surface area contributed by atoms with E-state index in [1.54, 1.807) is 18.2 Å². The maximum absolute atomic E-state index is 12.8. The van der Waals surface area contributed by atoms with E-state index in [2.05, 4.69) is 15.8 Å². The molecule has 0 atom stereocenters. The van der Waals surface area contributed by atoms with Gasteiger partial charge in [0.1, 0.15) is 5.82 Å². The first-order valence-electron chi connectivity index (χ1n) is 7.73. The largest absolute Gasteiger partial charge is 0.504 e. The number of phenols is 1. The van der Waals surface area contributed by atoms with Crippen molar-refractivity contribution < 1.29 is 23.8 Å². The molecule has 2 rings (SSSR count). The van der Waals surface area contributed by atoms with Crippen molar-refractivity contribution in [2.24, 2.45) is 5.10 Å². The van der Waals surface area contributed by atoms with Gasteiger partial charge in [0.15, 0.2) is 11.5 Å². The summed E-state index contributed by atoms with van der Waals surface area (Å²) in [5.41, 5.74) is 3.09.